The number of aromatic nitrogens is 3. The zero-order chi connectivity index (χ0) is 18.3. The van der Waals surface area contributed by atoms with Crippen LogP contribution in [0.15, 0.2) is 41.9 Å². The number of allylic oxidation sites excluding steroid dienone is 1. The van der Waals surface area contributed by atoms with Crippen molar-refractivity contribution >= 4 is 23.5 Å². The molecule has 2 aromatic rings. The number of rotatable bonds is 2. The van der Waals surface area contributed by atoms with E-state index in [-0.39, 0.29) is 11.9 Å². The van der Waals surface area contributed by atoms with Crippen LogP contribution in [0.1, 0.15) is 18.5 Å². The molecule has 0 aliphatic carbocycles. The number of halogens is 1. The first kappa shape index (κ1) is 17.1. The number of nitrogens with one attached hydrogen (secondary N) is 1. The Morgan fingerprint density at radius 1 is 1.27 bits per heavy atom. The van der Waals surface area contributed by atoms with Crippen molar-refractivity contribution in [2.45, 2.75) is 13.0 Å². The van der Waals surface area contributed by atoms with Gasteiger partial charge in [-0.3, -0.25) is 4.79 Å². The summed E-state index contributed by atoms with van der Waals surface area (Å²) in [6.45, 7) is 5.11. The molecule has 1 amide bonds. The predicted molar refractivity (Wildman–Crippen MR) is 100 cm³/mol. The molecular formula is C18H21ClN6O. The van der Waals surface area contributed by atoms with E-state index in [0.717, 1.165) is 37.4 Å². The number of likely N-dealkylation sites (N-methyl/N-ethyl adjacent to an activating group) is 1. The minimum Gasteiger partial charge on any atom is -0.336 e. The van der Waals surface area contributed by atoms with Crippen LogP contribution in [0.2, 0.25) is 5.02 Å². The summed E-state index contributed by atoms with van der Waals surface area (Å²) < 4.78 is 1.75. The van der Waals surface area contributed by atoms with Crippen molar-refractivity contribution in [3.63, 3.8) is 0 Å². The van der Waals surface area contributed by atoms with E-state index in [0.29, 0.717) is 16.5 Å². The summed E-state index contributed by atoms with van der Waals surface area (Å²) >= 11 is 6.22. The second-order valence-corrected chi connectivity index (χ2v) is 7.18. The van der Waals surface area contributed by atoms with E-state index in [1.807, 2.05) is 36.1 Å². The van der Waals surface area contributed by atoms with Crippen LogP contribution in [0.25, 0.3) is 0 Å². The molecule has 0 bridgehead atoms. The van der Waals surface area contributed by atoms with Gasteiger partial charge in [-0.15, -0.1) is 0 Å². The smallest absolute Gasteiger partial charge is 0.254 e. The third-order valence-electron chi connectivity index (χ3n) is 4.98. The largest absolute Gasteiger partial charge is 0.336 e. The second-order valence-electron chi connectivity index (χ2n) is 6.74. The standard InChI is InChI=1S/C18H21ClN6O/c1-12-15(17(26)24-8-6-23(2)7-9-24)16(13-4-3-5-14(19)10-13)25-18(22-12)20-11-21-25/h3-5,10-11,16H,6-9H2,1-2H3,(H,20,21,22). The summed E-state index contributed by atoms with van der Waals surface area (Å²) in [5, 5.41) is 8.20. The van der Waals surface area contributed by atoms with Crippen LogP contribution in [0, 0.1) is 0 Å². The minimum absolute atomic E-state index is 0.0363. The highest BCUT2D eigenvalue weighted by atomic mass is 35.5. The van der Waals surface area contributed by atoms with Crippen molar-refractivity contribution in [3.05, 3.63) is 52.4 Å². The number of carbonyl (C=O) groups is 1. The monoisotopic (exact) mass is 372 g/mol. The van der Waals surface area contributed by atoms with E-state index < -0.39 is 0 Å². The summed E-state index contributed by atoms with van der Waals surface area (Å²) in [6.07, 6.45) is 1.50. The van der Waals surface area contributed by atoms with Crippen molar-refractivity contribution in [2.24, 2.45) is 0 Å². The van der Waals surface area contributed by atoms with Crippen LogP contribution in [0.3, 0.4) is 0 Å². The fraction of sp³-hybridized carbons (Fsp3) is 0.389. The molecule has 4 rings (SSSR count). The fourth-order valence-electron chi connectivity index (χ4n) is 3.53. The summed E-state index contributed by atoms with van der Waals surface area (Å²) in [6, 6.07) is 7.22. The Kier molecular flexibility index (Phi) is 4.42. The van der Waals surface area contributed by atoms with Crippen LogP contribution in [0.5, 0.6) is 0 Å². The lowest BCUT2D eigenvalue weighted by Crippen LogP contribution is -2.49. The van der Waals surface area contributed by atoms with E-state index in [9.17, 15) is 4.79 Å². The molecule has 3 heterocycles. The van der Waals surface area contributed by atoms with Gasteiger partial charge in [0.15, 0.2) is 0 Å². The van der Waals surface area contributed by atoms with Crippen LogP contribution in [0.4, 0.5) is 5.95 Å². The number of carbonyl (C=O) groups excluding carboxylic acids is 1. The van der Waals surface area contributed by atoms with Crippen LogP contribution < -0.4 is 5.32 Å². The van der Waals surface area contributed by atoms with E-state index in [2.05, 4.69) is 27.3 Å². The van der Waals surface area contributed by atoms with Crippen molar-refractivity contribution < 1.29 is 4.79 Å². The van der Waals surface area contributed by atoms with Gasteiger partial charge in [0, 0.05) is 36.9 Å². The van der Waals surface area contributed by atoms with Crippen molar-refractivity contribution in [1.82, 2.24) is 24.6 Å². The molecule has 0 radical (unpaired) electrons. The maximum Gasteiger partial charge on any atom is 0.254 e. The highest BCUT2D eigenvalue weighted by Gasteiger charge is 2.36. The Hall–Kier alpha value is -2.38. The van der Waals surface area contributed by atoms with Gasteiger partial charge in [0.2, 0.25) is 5.95 Å². The first-order chi connectivity index (χ1) is 12.5. The van der Waals surface area contributed by atoms with Crippen molar-refractivity contribution in [1.29, 1.82) is 0 Å². The fourth-order valence-corrected chi connectivity index (χ4v) is 3.73. The van der Waals surface area contributed by atoms with Crippen LogP contribution in [-0.2, 0) is 4.79 Å². The number of nitrogens with zero attached hydrogens (tertiary/aromatic N) is 5. The highest BCUT2D eigenvalue weighted by molar-refractivity contribution is 6.30. The van der Waals surface area contributed by atoms with E-state index in [1.54, 1.807) is 4.68 Å². The Labute approximate surface area is 157 Å². The summed E-state index contributed by atoms with van der Waals surface area (Å²) in [4.78, 5) is 21.8. The van der Waals surface area contributed by atoms with Crippen molar-refractivity contribution in [2.75, 3.05) is 38.5 Å². The molecule has 7 nitrogen and oxygen atoms in total. The first-order valence-electron chi connectivity index (χ1n) is 8.65. The van der Waals surface area contributed by atoms with E-state index >= 15 is 0 Å². The van der Waals surface area contributed by atoms with Gasteiger partial charge in [0.1, 0.15) is 12.4 Å². The van der Waals surface area contributed by atoms with Gasteiger partial charge in [-0.05, 0) is 31.7 Å². The summed E-state index contributed by atoms with van der Waals surface area (Å²) in [5.41, 5.74) is 2.41. The molecule has 1 fully saturated rings. The van der Waals surface area contributed by atoms with E-state index in [4.69, 9.17) is 11.6 Å². The lowest BCUT2D eigenvalue weighted by molar-refractivity contribution is -0.129. The Balaban J connectivity index is 1.76. The number of fused-ring (bicyclic) bond motifs is 1. The Bertz CT molecular complexity index is 868. The molecule has 1 atom stereocenters. The van der Waals surface area contributed by atoms with Gasteiger partial charge < -0.3 is 15.1 Å². The van der Waals surface area contributed by atoms with Gasteiger partial charge in [-0.25, -0.2) is 4.68 Å². The third-order valence-corrected chi connectivity index (χ3v) is 5.21. The van der Waals surface area contributed by atoms with Gasteiger partial charge >= 0.3 is 0 Å². The molecule has 1 saturated heterocycles. The second kappa shape index (κ2) is 6.74. The zero-order valence-electron chi connectivity index (χ0n) is 14.8. The summed E-state index contributed by atoms with van der Waals surface area (Å²) in [5.74, 6) is 0.664. The molecule has 26 heavy (non-hydrogen) atoms. The van der Waals surface area contributed by atoms with Gasteiger partial charge in [0.25, 0.3) is 5.91 Å². The molecule has 0 spiro atoms. The lowest BCUT2D eigenvalue weighted by Gasteiger charge is -2.36. The van der Waals surface area contributed by atoms with Crippen LogP contribution >= 0.6 is 11.6 Å². The predicted octanol–water partition coefficient (Wildman–Crippen LogP) is 1.99. The Morgan fingerprint density at radius 2 is 2.04 bits per heavy atom. The van der Waals surface area contributed by atoms with Gasteiger partial charge in [-0.1, -0.05) is 23.7 Å². The van der Waals surface area contributed by atoms with Crippen LogP contribution in [-0.4, -0.2) is 63.7 Å². The zero-order valence-corrected chi connectivity index (χ0v) is 15.6. The molecule has 1 aromatic carbocycles. The molecule has 0 saturated carbocycles. The quantitative estimate of drug-likeness (QED) is 0.873. The topological polar surface area (TPSA) is 66.3 Å². The maximum absolute atomic E-state index is 13.4. The molecular weight excluding hydrogens is 352 g/mol. The average Bonchev–Trinajstić information content (AvgIpc) is 3.08. The van der Waals surface area contributed by atoms with Gasteiger partial charge in [-0.2, -0.15) is 10.1 Å². The summed E-state index contributed by atoms with van der Waals surface area (Å²) in [7, 11) is 2.07. The normalized spacial score (nSPS) is 20.7. The van der Waals surface area contributed by atoms with Crippen molar-refractivity contribution in [3.8, 4) is 0 Å². The molecule has 1 N–H and O–H groups in total. The first-order valence-corrected chi connectivity index (χ1v) is 9.03. The molecule has 1 aromatic heterocycles. The highest BCUT2D eigenvalue weighted by Crippen LogP contribution is 2.36. The molecule has 2 aliphatic heterocycles. The maximum atomic E-state index is 13.4. The number of benzene rings is 1. The molecule has 2 aliphatic rings. The Morgan fingerprint density at radius 3 is 2.77 bits per heavy atom. The molecule has 1 unspecified atom stereocenters. The SMILES string of the molecule is CC1=C(C(=O)N2CCN(C)CC2)C(c2cccc(Cl)c2)n2ncnc2N1. The number of hydrogen-bond acceptors (Lipinski definition) is 5. The number of anilines is 1. The molecule has 136 valence electrons. The number of amides is 1. The molecule has 8 heteroatoms. The third kappa shape index (κ3) is 2.97. The van der Waals surface area contributed by atoms with E-state index in [1.165, 1.54) is 6.33 Å². The average molecular weight is 373 g/mol. The number of hydrogen-bond donors (Lipinski definition) is 1. The lowest BCUT2D eigenvalue weighted by atomic mass is 9.94. The minimum atomic E-state index is -0.348. The number of piperazine rings is 1. The van der Waals surface area contributed by atoms with Gasteiger partial charge in [0.05, 0.1) is 5.57 Å².